The molecule has 2 rings (SSSR count). The Balaban J connectivity index is 2.02. The van der Waals surface area contributed by atoms with E-state index in [-0.39, 0.29) is 5.92 Å². The van der Waals surface area contributed by atoms with Gasteiger partial charge >= 0.3 is 5.97 Å². The second-order valence-corrected chi connectivity index (χ2v) is 5.65. The van der Waals surface area contributed by atoms with E-state index in [1.165, 1.54) is 6.20 Å². The zero-order valence-corrected chi connectivity index (χ0v) is 12.2. The van der Waals surface area contributed by atoms with Crippen LogP contribution >= 0.6 is 0 Å². The number of rotatable bonds is 5. The molecule has 0 aliphatic heterocycles. The largest absolute Gasteiger partial charge is 0.480 e. The molecule has 21 heavy (non-hydrogen) atoms. The van der Waals surface area contributed by atoms with E-state index in [1.54, 1.807) is 17.9 Å². The van der Waals surface area contributed by atoms with Crippen LogP contribution < -0.4 is 11.1 Å². The highest BCUT2D eigenvalue weighted by atomic mass is 16.4. The number of carboxylic acid groups (broad SMARTS) is 1. The summed E-state index contributed by atoms with van der Waals surface area (Å²) in [5.74, 6) is -1.48. The summed E-state index contributed by atoms with van der Waals surface area (Å²) in [6.45, 7) is 0. The van der Waals surface area contributed by atoms with E-state index in [9.17, 15) is 14.7 Å². The highest BCUT2D eigenvalue weighted by Crippen LogP contribution is 2.27. The lowest BCUT2D eigenvalue weighted by Crippen LogP contribution is -2.49. The van der Waals surface area contributed by atoms with Crippen molar-refractivity contribution in [1.82, 2.24) is 15.1 Å². The number of hydrogen-bond acceptors (Lipinski definition) is 4. The van der Waals surface area contributed by atoms with Gasteiger partial charge in [0.05, 0.1) is 6.20 Å². The average Bonchev–Trinajstić information content (AvgIpc) is 2.90. The van der Waals surface area contributed by atoms with Crippen LogP contribution in [-0.4, -0.2) is 32.8 Å². The molecule has 0 bridgehead atoms. The Labute approximate surface area is 123 Å². The number of hydrogen-bond donors (Lipinski definition) is 3. The zero-order chi connectivity index (χ0) is 15.4. The minimum atomic E-state index is -0.992. The van der Waals surface area contributed by atoms with Crippen molar-refractivity contribution < 1.29 is 14.7 Å². The number of nitrogens with two attached hydrogens (primary N) is 1. The Bertz CT molecular complexity index is 508. The zero-order valence-electron chi connectivity index (χ0n) is 12.2. The van der Waals surface area contributed by atoms with Gasteiger partial charge in [-0.2, -0.15) is 5.10 Å². The molecule has 1 fully saturated rings. The molecule has 1 amide bonds. The highest BCUT2D eigenvalue weighted by molar-refractivity contribution is 5.87. The van der Waals surface area contributed by atoms with E-state index in [0.29, 0.717) is 5.56 Å². The van der Waals surface area contributed by atoms with Crippen molar-refractivity contribution in [3.8, 4) is 0 Å². The molecule has 1 aromatic rings. The lowest BCUT2D eigenvalue weighted by Gasteiger charge is -2.28. The second-order valence-electron chi connectivity index (χ2n) is 5.65. The van der Waals surface area contributed by atoms with Crippen LogP contribution in [0.15, 0.2) is 12.4 Å². The number of carbonyl (C=O) groups is 2. The van der Waals surface area contributed by atoms with Crippen molar-refractivity contribution in [3.63, 3.8) is 0 Å². The van der Waals surface area contributed by atoms with Crippen LogP contribution in [0.5, 0.6) is 0 Å². The molecule has 1 heterocycles. The molecule has 1 aliphatic rings. The number of nitrogens with zero attached hydrogens (tertiary/aromatic N) is 2. The van der Waals surface area contributed by atoms with Gasteiger partial charge in [-0.15, -0.1) is 0 Å². The lowest BCUT2D eigenvalue weighted by molar-refractivity contribution is -0.144. The number of carboxylic acids is 1. The van der Waals surface area contributed by atoms with E-state index in [0.717, 1.165) is 32.1 Å². The first-order chi connectivity index (χ1) is 9.99. The van der Waals surface area contributed by atoms with E-state index in [1.807, 2.05) is 0 Å². The summed E-state index contributed by atoms with van der Waals surface area (Å²) in [6, 6.07) is -1.76. The first kappa shape index (κ1) is 15.5. The normalized spacial score (nSPS) is 19.0. The minimum absolute atomic E-state index is 0.0127. The predicted octanol–water partition coefficient (Wildman–Crippen LogP) is 0.570. The quantitative estimate of drug-likeness (QED) is 0.735. The average molecular weight is 294 g/mol. The van der Waals surface area contributed by atoms with Crippen molar-refractivity contribution >= 4 is 11.9 Å². The van der Waals surface area contributed by atoms with Gasteiger partial charge in [-0.05, 0) is 18.8 Å². The van der Waals surface area contributed by atoms with Crippen molar-refractivity contribution in [2.75, 3.05) is 0 Å². The Hall–Kier alpha value is -1.89. The summed E-state index contributed by atoms with van der Waals surface area (Å²) in [7, 11) is 1.73. The molecule has 1 aromatic heterocycles. The summed E-state index contributed by atoms with van der Waals surface area (Å²) in [5, 5.41) is 15.9. The van der Waals surface area contributed by atoms with Crippen LogP contribution in [0.3, 0.4) is 0 Å². The van der Waals surface area contributed by atoms with E-state index in [4.69, 9.17) is 5.73 Å². The fraction of sp³-hybridized carbons (Fsp3) is 0.643. The smallest absolute Gasteiger partial charge is 0.326 e. The molecule has 0 spiro atoms. The molecular formula is C14H22N4O3. The molecular weight excluding hydrogens is 272 g/mol. The molecule has 0 radical (unpaired) electrons. The van der Waals surface area contributed by atoms with Crippen LogP contribution in [0.4, 0.5) is 0 Å². The molecule has 2 atom stereocenters. The van der Waals surface area contributed by atoms with Crippen molar-refractivity contribution in [3.05, 3.63) is 18.0 Å². The van der Waals surface area contributed by atoms with E-state index >= 15 is 0 Å². The Morgan fingerprint density at radius 2 is 2.10 bits per heavy atom. The van der Waals surface area contributed by atoms with Gasteiger partial charge in [-0.3, -0.25) is 9.48 Å². The molecule has 0 aromatic carbocycles. The molecule has 7 nitrogen and oxygen atoms in total. The van der Waals surface area contributed by atoms with E-state index in [2.05, 4.69) is 10.4 Å². The maximum absolute atomic E-state index is 12.2. The van der Waals surface area contributed by atoms with Gasteiger partial charge in [0.25, 0.3) is 0 Å². The second kappa shape index (κ2) is 6.71. The number of amides is 1. The van der Waals surface area contributed by atoms with Crippen molar-refractivity contribution in [2.24, 2.45) is 18.7 Å². The van der Waals surface area contributed by atoms with Crippen LogP contribution in [0.25, 0.3) is 0 Å². The summed E-state index contributed by atoms with van der Waals surface area (Å²) >= 11 is 0. The molecule has 0 saturated heterocycles. The van der Waals surface area contributed by atoms with Gasteiger partial charge in [0.15, 0.2) is 0 Å². The Kier molecular flexibility index (Phi) is 4.95. The van der Waals surface area contributed by atoms with Gasteiger partial charge in [-0.1, -0.05) is 19.3 Å². The van der Waals surface area contributed by atoms with Crippen LogP contribution in [-0.2, 0) is 16.6 Å². The summed E-state index contributed by atoms with van der Waals surface area (Å²) < 4.78 is 1.55. The number of aryl methyl sites for hydroxylation is 1. The molecule has 2 unspecified atom stereocenters. The highest BCUT2D eigenvalue weighted by Gasteiger charge is 2.32. The molecule has 1 aliphatic carbocycles. The number of carbonyl (C=O) groups excluding carboxylic acids is 1. The summed E-state index contributed by atoms with van der Waals surface area (Å²) in [4.78, 5) is 23.6. The fourth-order valence-electron chi connectivity index (χ4n) is 2.84. The van der Waals surface area contributed by atoms with Gasteiger partial charge < -0.3 is 16.2 Å². The molecule has 7 heteroatoms. The monoisotopic (exact) mass is 294 g/mol. The SMILES string of the molecule is Cn1cc(C(N)C(=O)NC(C(=O)O)C2CCCCC2)cn1. The summed E-state index contributed by atoms with van der Waals surface area (Å²) in [5.41, 5.74) is 6.44. The van der Waals surface area contributed by atoms with Crippen molar-refractivity contribution in [2.45, 2.75) is 44.2 Å². The van der Waals surface area contributed by atoms with Crippen LogP contribution in [0, 0.1) is 5.92 Å². The fourth-order valence-corrected chi connectivity index (χ4v) is 2.84. The topological polar surface area (TPSA) is 110 Å². The standard InChI is InChI=1S/C14H22N4O3/c1-18-8-10(7-16-18)11(15)13(19)17-12(14(20)21)9-5-3-2-4-6-9/h7-9,11-12H,2-6,15H2,1H3,(H,17,19)(H,20,21). The first-order valence-corrected chi connectivity index (χ1v) is 7.26. The van der Waals surface area contributed by atoms with Gasteiger partial charge in [0, 0.05) is 18.8 Å². The minimum Gasteiger partial charge on any atom is -0.480 e. The van der Waals surface area contributed by atoms with Gasteiger partial charge in [0.1, 0.15) is 12.1 Å². The van der Waals surface area contributed by atoms with Crippen LogP contribution in [0.2, 0.25) is 0 Å². The number of aliphatic carboxylic acids is 1. The maximum atomic E-state index is 12.2. The third kappa shape index (κ3) is 3.81. The third-order valence-electron chi connectivity index (χ3n) is 4.05. The first-order valence-electron chi connectivity index (χ1n) is 7.26. The van der Waals surface area contributed by atoms with Crippen LogP contribution in [0.1, 0.15) is 43.7 Å². The third-order valence-corrected chi connectivity index (χ3v) is 4.05. The lowest BCUT2D eigenvalue weighted by atomic mass is 9.83. The predicted molar refractivity (Wildman–Crippen MR) is 76.3 cm³/mol. The molecule has 4 N–H and O–H groups in total. The number of nitrogens with one attached hydrogen (secondary N) is 1. The Morgan fingerprint density at radius 3 is 2.62 bits per heavy atom. The summed E-state index contributed by atoms with van der Waals surface area (Å²) in [6.07, 6.45) is 7.99. The Morgan fingerprint density at radius 1 is 1.43 bits per heavy atom. The number of aromatic nitrogens is 2. The van der Waals surface area contributed by atoms with Gasteiger partial charge in [-0.25, -0.2) is 4.79 Å². The van der Waals surface area contributed by atoms with Gasteiger partial charge in [0.2, 0.25) is 5.91 Å². The molecule has 116 valence electrons. The van der Waals surface area contributed by atoms with Crippen molar-refractivity contribution in [1.29, 1.82) is 0 Å². The van der Waals surface area contributed by atoms with E-state index < -0.39 is 24.0 Å². The maximum Gasteiger partial charge on any atom is 0.326 e. The molecule has 1 saturated carbocycles.